The molecular formula is C19H23Cl2N3O3. The van der Waals surface area contributed by atoms with Gasteiger partial charge in [0.1, 0.15) is 5.69 Å². The fourth-order valence-corrected chi connectivity index (χ4v) is 3.90. The van der Waals surface area contributed by atoms with Crippen LogP contribution in [0.2, 0.25) is 10.0 Å². The number of hydrogen-bond acceptors (Lipinski definition) is 3. The van der Waals surface area contributed by atoms with Gasteiger partial charge in [-0.05, 0) is 38.0 Å². The van der Waals surface area contributed by atoms with Crippen LogP contribution < -0.4 is 5.32 Å². The largest absolute Gasteiger partial charge is 0.383 e. The highest BCUT2D eigenvalue weighted by atomic mass is 35.5. The number of methoxy groups -OCH3 is 1. The maximum absolute atomic E-state index is 13.1. The molecule has 1 fully saturated rings. The third-order valence-corrected chi connectivity index (χ3v) is 5.66. The number of ether oxygens (including phenoxy) is 1. The van der Waals surface area contributed by atoms with Gasteiger partial charge in [0.05, 0.1) is 17.5 Å². The van der Waals surface area contributed by atoms with Crippen molar-refractivity contribution in [2.24, 2.45) is 5.92 Å². The summed E-state index contributed by atoms with van der Waals surface area (Å²) in [5.74, 6) is -0.486. The molecule has 8 heteroatoms. The number of likely N-dealkylation sites (tertiary alicyclic amines) is 1. The highest BCUT2D eigenvalue weighted by Crippen LogP contribution is 2.32. The highest BCUT2D eigenvalue weighted by Gasteiger charge is 2.34. The molecule has 2 N–H and O–H groups in total. The number of rotatable bonds is 5. The number of fused-ring (bicyclic) bond motifs is 1. The van der Waals surface area contributed by atoms with Crippen LogP contribution in [0.15, 0.2) is 18.2 Å². The van der Waals surface area contributed by atoms with Crippen molar-refractivity contribution in [3.05, 3.63) is 33.9 Å². The molecule has 0 radical (unpaired) electrons. The molecule has 1 saturated heterocycles. The minimum Gasteiger partial charge on any atom is -0.383 e. The van der Waals surface area contributed by atoms with Crippen molar-refractivity contribution >= 4 is 45.9 Å². The zero-order valence-electron chi connectivity index (χ0n) is 15.4. The van der Waals surface area contributed by atoms with E-state index in [1.165, 1.54) is 0 Å². The molecular weight excluding hydrogens is 389 g/mol. The van der Waals surface area contributed by atoms with E-state index >= 15 is 0 Å². The van der Waals surface area contributed by atoms with Crippen LogP contribution in [0.1, 0.15) is 30.3 Å². The number of halogens is 2. The summed E-state index contributed by atoms with van der Waals surface area (Å²) < 4.78 is 4.96. The van der Waals surface area contributed by atoms with Crippen LogP contribution in [-0.2, 0) is 9.53 Å². The second-order valence-corrected chi connectivity index (χ2v) is 7.68. The molecule has 1 aromatic heterocycles. The molecule has 6 nitrogen and oxygen atoms in total. The van der Waals surface area contributed by atoms with E-state index in [2.05, 4.69) is 10.3 Å². The van der Waals surface area contributed by atoms with E-state index in [1.807, 2.05) is 6.92 Å². The summed E-state index contributed by atoms with van der Waals surface area (Å²) in [7, 11) is 1.59. The van der Waals surface area contributed by atoms with E-state index in [9.17, 15) is 9.59 Å². The molecule has 27 heavy (non-hydrogen) atoms. The maximum Gasteiger partial charge on any atom is 0.272 e. The first kappa shape index (κ1) is 20.0. The Bertz CT molecular complexity index is 852. The van der Waals surface area contributed by atoms with Gasteiger partial charge < -0.3 is 19.9 Å². The van der Waals surface area contributed by atoms with Gasteiger partial charge in [-0.3, -0.25) is 9.59 Å². The van der Waals surface area contributed by atoms with Crippen molar-refractivity contribution in [3.63, 3.8) is 0 Å². The van der Waals surface area contributed by atoms with Gasteiger partial charge in [-0.15, -0.1) is 0 Å². The first-order valence-electron chi connectivity index (χ1n) is 8.96. The Kier molecular flexibility index (Phi) is 6.29. The summed E-state index contributed by atoms with van der Waals surface area (Å²) in [6, 6.07) is 5.31. The number of amides is 2. The third kappa shape index (κ3) is 4.23. The Hall–Kier alpha value is -1.76. The number of piperidine rings is 1. The molecule has 0 aliphatic carbocycles. The van der Waals surface area contributed by atoms with Crippen LogP contribution in [0, 0.1) is 5.92 Å². The fraction of sp³-hybridized carbons (Fsp3) is 0.474. The van der Waals surface area contributed by atoms with Gasteiger partial charge >= 0.3 is 0 Å². The van der Waals surface area contributed by atoms with Gasteiger partial charge in [-0.25, -0.2) is 0 Å². The molecule has 0 unspecified atom stereocenters. The monoisotopic (exact) mass is 411 g/mol. The normalized spacial score (nSPS) is 20.1. The summed E-state index contributed by atoms with van der Waals surface area (Å²) in [4.78, 5) is 30.3. The van der Waals surface area contributed by atoms with Gasteiger partial charge in [-0.1, -0.05) is 23.2 Å². The number of benzene rings is 1. The van der Waals surface area contributed by atoms with Gasteiger partial charge in [-0.2, -0.15) is 0 Å². The first-order valence-corrected chi connectivity index (χ1v) is 9.72. The van der Waals surface area contributed by atoms with Gasteiger partial charge in [0, 0.05) is 42.2 Å². The molecule has 1 aliphatic heterocycles. The summed E-state index contributed by atoms with van der Waals surface area (Å²) in [6.07, 6.45) is 1.51. The van der Waals surface area contributed by atoms with E-state index in [0.29, 0.717) is 40.8 Å². The molecule has 2 heterocycles. The Morgan fingerprint density at radius 2 is 2.11 bits per heavy atom. The van der Waals surface area contributed by atoms with Crippen molar-refractivity contribution in [2.45, 2.75) is 25.8 Å². The lowest BCUT2D eigenvalue weighted by Crippen LogP contribution is -2.49. The average molecular weight is 412 g/mol. The molecule has 0 saturated carbocycles. The van der Waals surface area contributed by atoms with Crippen LogP contribution in [0.25, 0.3) is 10.9 Å². The Morgan fingerprint density at radius 1 is 1.33 bits per heavy atom. The Labute approximate surface area is 168 Å². The molecule has 3 rings (SSSR count). The molecule has 146 valence electrons. The molecule has 1 aliphatic rings. The molecule has 0 spiro atoms. The Balaban J connectivity index is 1.78. The first-order chi connectivity index (χ1) is 12.9. The zero-order chi connectivity index (χ0) is 19.6. The quantitative estimate of drug-likeness (QED) is 0.739. The lowest BCUT2D eigenvalue weighted by molar-refractivity contribution is -0.126. The summed E-state index contributed by atoms with van der Waals surface area (Å²) in [5, 5.41) is 4.48. The van der Waals surface area contributed by atoms with Crippen molar-refractivity contribution < 1.29 is 14.3 Å². The maximum atomic E-state index is 13.1. The number of carbonyl (C=O) groups is 2. The molecule has 1 aromatic carbocycles. The predicted molar refractivity (Wildman–Crippen MR) is 106 cm³/mol. The number of hydrogen-bond donors (Lipinski definition) is 2. The minimum atomic E-state index is -0.236. The second kappa shape index (κ2) is 8.50. The minimum absolute atomic E-state index is 0.0339. The number of H-pyrrole nitrogens is 1. The van der Waals surface area contributed by atoms with Crippen LogP contribution in [0.5, 0.6) is 0 Å². The summed E-state index contributed by atoms with van der Waals surface area (Å²) in [5.41, 5.74) is 1.09. The lowest BCUT2D eigenvalue weighted by Gasteiger charge is -2.37. The topological polar surface area (TPSA) is 74.4 Å². The van der Waals surface area contributed by atoms with E-state index in [1.54, 1.807) is 30.2 Å². The molecule has 0 bridgehead atoms. The number of aromatic amines is 1. The van der Waals surface area contributed by atoms with E-state index in [4.69, 9.17) is 27.9 Å². The van der Waals surface area contributed by atoms with Gasteiger partial charge in [0.15, 0.2) is 0 Å². The highest BCUT2D eigenvalue weighted by molar-refractivity contribution is 6.39. The van der Waals surface area contributed by atoms with Crippen LogP contribution >= 0.6 is 23.2 Å². The molecule has 2 amide bonds. The summed E-state index contributed by atoms with van der Waals surface area (Å²) >= 11 is 12.5. The predicted octanol–water partition coefficient (Wildman–Crippen LogP) is 3.48. The molecule has 2 atom stereocenters. The number of nitrogens with zero attached hydrogens (tertiary/aromatic N) is 1. The van der Waals surface area contributed by atoms with Crippen molar-refractivity contribution in [2.75, 3.05) is 26.8 Å². The van der Waals surface area contributed by atoms with E-state index in [-0.39, 0.29) is 23.8 Å². The van der Waals surface area contributed by atoms with Gasteiger partial charge in [0.25, 0.3) is 5.91 Å². The van der Waals surface area contributed by atoms with Crippen molar-refractivity contribution in [1.82, 2.24) is 15.2 Å². The lowest BCUT2D eigenvalue weighted by atomic mass is 9.92. The van der Waals surface area contributed by atoms with Crippen molar-refractivity contribution in [1.29, 1.82) is 0 Å². The van der Waals surface area contributed by atoms with Crippen LogP contribution in [-0.4, -0.2) is 54.5 Å². The summed E-state index contributed by atoms with van der Waals surface area (Å²) in [6.45, 7) is 3.28. The Morgan fingerprint density at radius 3 is 2.85 bits per heavy atom. The molecule has 2 aromatic rings. The SMILES string of the molecule is COCCNC(=O)[C@H]1CC[C@H](C)N(C(=O)c2[nH]c3ccc(Cl)cc3c2Cl)C1. The van der Waals surface area contributed by atoms with E-state index in [0.717, 1.165) is 18.4 Å². The zero-order valence-corrected chi connectivity index (χ0v) is 16.9. The van der Waals surface area contributed by atoms with Crippen LogP contribution in [0.3, 0.4) is 0 Å². The number of nitrogens with one attached hydrogen (secondary N) is 2. The van der Waals surface area contributed by atoms with Crippen molar-refractivity contribution in [3.8, 4) is 0 Å². The standard InChI is InChI=1S/C19H23Cl2N3O3/c1-11-3-4-12(18(25)22-7-8-27-2)10-24(11)19(26)17-16(21)14-9-13(20)5-6-15(14)23-17/h5-6,9,11-12,23H,3-4,7-8,10H2,1-2H3,(H,22,25)/t11-,12-/m0/s1. The average Bonchev–Trinajstić information content (AvgIpc) is 2.98. The second-order valence-electron chi connectivity index (χ2n) is 6.87. The van der Waals surface area contributed by atoms with E-state index < -0.39 is 0 Å². The van der Waals surface area contributed by atoms with Gasteiger partial charge in [0.2, 0.25) is 5.91 Å². The fourth-order valence-electron chi connectivity index (χ4n) is 3.45. The van der Waals surface area contributed by atoms with Crippen LogP contribution in [0.4, 0.5) is 0 Å². The number of carbonyl (C=O) groups excluding carboxylic acids is 2. The smallest absolute Gasteiger partial charge is 0.272 e. The third-order valence-electron chi connectivity index (χ3n) is 5.03. The number of aromatic nitrogens is 1.